The summed E-state index contributed by atoms with van der Waals surface area (Å²) >= 11 is 8.04. The fourth-order valence-corrected chi connectivity index (χ4v) is 3.98. The standard InChI is InChI=1S/C17H24ClNO2S/c1-2-15(21-16-10-6-5-9-14(16)18)17(20)19-11-12-22-13-7-3-4-8-13/h5-6,9-10,13,15H,2-4,7-8,11-12H2,1H3,(H,19,20)/t15-/m0/s1. The highest BCUT2D eigenvalue weighted by Gasteiger charge is 2.19. The average molecular weight is 342 g/mol. The molecule has 0 saturated heterocycles. The SMILES string of the molecule is CC[C@H](Oc1ccccc1Cl)C(=O)NCCSC1CCCC1. The maximum absolute atomic E-state index is 12.2. The number of para-hydroxylation sites is 1. The Labute approximate surface area is 142 Å². The van der Waals surface area contributed by atoms with Crippen LogP contribution in [0.5, 0.6) is 5.75 Å². The molecule has 1 atom stereocenters. The average Bonchev–Trinajstić information content (AvgIpc) is 3.04. The topological polar surface area (TPSA) is 38.3 Å². The molecule has 1 aliphatic carbocycles. The van der Waals surface area contributed by atoms with Crippen LogP contribution < -0.4 is 10.1 Å². The third-order valence-electron chi connectivity index (χ3n) is 3.83. The summed E-state index contributed by atoms with van der Waals surface area (Å²) in [5, 5.41) is 4.29. The molecule has 0 unspecified atom stereocenters. The maximum Gasteiger partial charge on any atom is 0.261 e. The number of hydrogen-bond donors (Lipinski definition) is 1. The Hall–Kier alpha value is -0.870. The van der Waals surface area contributed by atoms with Gasteiger partial charge in [-0.2, -0.15) is 11.8 Å². The van der Waals surface area contributed by atoms with Crippen molar-refractivity contribution in [1.29, 1.82) is 0 Å². The van der Waals surface area contributed by atoms with Gasteiger partial charge in [-0.3, -0.25) is 4.79 Å². The molecule has 1 aromatic rings. The number of hydrogen-bond acceptors (Lipinski definition) is 3. The van der Waals surface area contributed by atoms with Gasteiger partial charge in [-0.15, -0.1) is 0 Å². The van der Waals surface area contributed by atoms with E-state index < -0.39 is 6.10 Å². The highest BCUT2D eigenvalue weighted by atomic mass is 35.5. The van der Waals surface area contributed by atoms with Gasteiger partial charge in [-0.25, -0.2) is 0 Å². The lowest BCUT2D eigenvalue weighted by atomic mass is 10.2. The lowest BCUT2D eigenvalue weighted by Gasteiger charge is -2.18. The number of ether oxygens (including phenoxy) is 1. The predicted octanol–water partition coefficient (Wildman–Crippen LogP) is 4.29. The molecule has 1 saturated carbocycles. The van der Waals surface area contributed by atoms with Crippen LogP contribution in [-0.2, 0) is 4.79 Å². The zero-order valence-electron chi connectivity index (χ0n) is 13.0. The molecule has 22 heavy (non-hydrogen) atoms. The molecule has 1 aliphatic rings. The van der Waals surface area contributed by atoms with E-state index in [-0.39, 0.29) is 5.91 Å². The van der Waals surface area contributed by atoms with E-state index >= 15 is 0 Å². The van der Waals surface area contributed by atoms with E-state index in [0.29, 0.717) is 23.7 Å². The molecule has 2 rings (SSSR count). The summed E-state index contributed by atoms with van der Waals surface area (Å²) in [5.74, 6) is 1.47. The van der Waals surface area contributed by atoms with E-state index in [1.807, 2.05) is 30.8 Å². The van der Waals surface area contributed by atoms with Crippen LogP contribution in [-0.4, -0.2) is 29.6 Å². The highest BCUT2D eigenvalue weighted by molar-refractivity contribution is 7.99. The molecule has 0 heterocycles. The first-order valence-corrected chi connectivity index (χ1v) is 9.44. The number of carbonyl (C=O) groups is 1. The van der Waals surface area contributed by atoms with Crippen molar-refractivity contribution in [3.8, 4) is 5.75 Å². The molecule has 0 aliphatic heterocycles. The van der Waals surface area contributed by atoms with Gasteiger partial charge in [0.2, 0.25) is 0 Å². The number of amides is 1. The first-order chi connectivity index (χ1) is 10.7. The van der Waals surface area contributed by atoms with Crippen molar-refractivity contribution in [2.75, 3.05) is 12.3 Å². The van der Waals surface area contributed by atoms with Gasteiger partial charge in [-0.05, 0) is 31.4 Å². The van der Waals surface area contributed by atoms with Gasteiger partial charge in [0.15, 0.2) is 6.10 Å². The minimum atomic E-state index is -0.489. The van der Waals surface area contributed by atoms with Crippen molar-refractivity contribution < 1.29 is 9.53 Å². The number of rotatable bonds is 8. The van der Waals surface area contributed by atoms with Crippen LogP contribution in [0.15, 0.2) is 24.3 Å². The molecule has 0 aromatic heterocycles. The van der Waals surface area contributed by atoms with Crippen LogP contribution in [0.3, 0.4) is 0 Å². The summed E-state index contributed by atoms with van der Waals surface area (Å²) < 4.78 is 5.74. The van der Waals surface area contributed by atoms with Crippen LogP contribution >= 0.6 is 23.4 Å². The Morgan fingerprint density at radius 3 is 2.82 bits per heavy atom. The van der Waals surface area contributed by atoms with Gasteiger partial charge in [0.05, 0.1) is 5.02 Å². The number of halogens is 1. The van der Waals surface area contributed by atoms with Gasteiger partial charge in [0, 0.05) is 17.5 Å². The lowest BCUT2D eigenvalue weighted by Crippen LogP contribution is -2.39. The zero-order valence-corrected chi connectivity index (χ0v) is 14.6. The fourth-order valence-electron chi connectivity index (χ4n) is 2.58. The highest BCUT2D eigenvalue weighted by Crippen LogP contribution is 2.29. The van der Waals surface area contributed by atoms with Gasteiger partial charge < -0.3 is 10.1 Å². The van der Waals surface area contributed by atoms with Crippen LogP contribution in [0.1, 0.15) is 39.0 Å². The van der Waals surface area contributed by atoms with Gasteiger partial charge in [-0.1, -0.05) is 43.5 Å². The third kappa shape index (κ3) is 5.40. The minimum absolute atomic E-state index is 0.0607. The smallest absolute Gasteiger partial charge is 0.261 e. The molecule has 1 aromatic carbocycles. The van der Waals surface area contributed by atoms with Crippen LogP contribution in [0.2, 0.25) is 5.02 Å². The Balaban J connectivity index is 1.73. The molecule has 1 N–H and O–H groups in total. The summed E-state index contributed by atoms with van der Waals surface area (Å²) in [4.78, 5) is 12.2. The minimum Gasteiger partial charge on any atom is -0.479 e. The number of nitrogens with one attached hydrogen (secondary N) is 1. The second kappa shape index (κ2) is 9.31. The van der Waals surface area contributed by atoms with E-state index in [1.54, 1.807) is 12.1 Å². The predicted molar refractivity (Wildman–Crippen MR) is 93.9 cm³/mol. The van der Waals surface area contributed by atoms with E-state index in [4.69, 9.17) is 16.3 Å². The Bertz CT molecular complexity index is 477. The van der Waals surface area contributed by atoms with Crippen molar-refractivity contribution in [1.82, 2.24) is 5.32 Å². The number of benzene rings is 1. The maximum atomic E-state index is 12.2. The molecule has 0 bridgehead atoms. The van der Waals surface area contributed by atoms with Gasteiger partial charge in [0.1, 0.15) is 5.75 Å². The first-order valence-electron chi connectivity index (χ1n) is 8.01. The van der Waals surface area contributed by atoms with Gasteiger partial charge >= 0.3 is 0 Å². The first kappa shape index (κ1) is 17.5. The van der Waals surface area contributed by atoms with Crippen LogP contribution in [0, 0.1) is 0 Å². The molecule has 3 nitrogen and oxygen atoms in total. The van der Waals surface area contributed by atoms with Crippen molar-refractivity contribution >= 4 is 29.3 Å². The molecule has 0 radical (unpaired) electrons. The van der Waals surface area contributed by atoms with E-state index in [1.165, 1.54) is 25.7 Å². The zero-order chi connectivity index (χ0) is 15.8. The summed E-state index contributed by atoms with van der Waals surface area (Å²) in [5.41, 5.74) is 0. The second-order valence-corrected chi connectivity index (χ2v) is 7.33. The number of thioether (sulfide) groups is 1. The second-order valence-electron chi connectivity index (χ2n) is 5.51. The largest absolute Gasteiger partial charge is 0.479 e. The third-order valence-corrected chi connectivity index (χ3v) is 5.52. The summed E-state index contributed by atoms with van der Waals surface area (Å²) in [7, 11) is 0. The van der Waals surface area contributed by atoms with Crippen LogP contribution in [0.4, 0.5) is 0 Å². The van der Waals surface area contributed by atoms with E-state index in [0.717, 1.165) is 11.0 Å². The fraction of sp³-hybridized carbons (Fsp3) is 0.588. The van der Waals surface area contributed by atoms with E-state index in [2.05, 4.69) is 5.32 Å². The normalized spacial score (nSPS) is 16.5. The van der Waals surface area contributed by atoms with E-state index in [9.17, 15) is 4.79 Å². The van der Waals surface area contributed by atoms with Crippen LogP contribution in [0.25, 0.3) is 0 Å². The Morgan fingerprint density at radius 1 is 1.41 bits per heavy atom. The number of carbonyl (C=O) groups excluding carboxylic acids is 1. The van der Waals surface area contributed by atoms with Gasteiger partial charge in [0.25, 0.3) is 5.91 Å². The van der Waals surface area contributed by atoms with Crippen molar-refractivity contribution in [2.24, 2.45) is 0 Å². The molecular weight excluding hydrogens is 318 g/mol. The monoisotopic (exact) mass is 341 g/mol. The summed E-state index contributed by atoms with van der Waals surface area (Å²) in [6.07, 6.45) is 5.49. The Morgan fingerprint density at radius 2 is 2.14 bits per heavy atom. The molecule has 1 amide bonds. The molecule has 122 valence electrons. The molecule has 0 spiro atoms. The van der Waals surface area contributed by atoms with Crippen molar-refractivity contribution in [2.45, 2.75) is 50.4 Å². The molecule has 5 heteroatoms. The lowest BCUT2D eigenvalue weighted by molar-refractivity contribution is -0.127. The van der Waals surface area contributed by atoms with Crippen molar-refractivity contribution in [3.05, 3.63) is 29.3 Å². The molecule has 1 fully saturated rings. The Kier molecular flexibility index (Phi) is 7.40. The van der Waals surface area contributed by atoms with Crippen molar-refractivity contribution in [3.63, 3.8) is 0 Å². The summed E-state index contributed by atoms with van der Waals surface area (Å²) in [6.45, 7) is 2.64. The quantitative estimate of drug-likeness (QED) is 0.717. The molecular formula is C17H24ClNO2S. The summed E-state index contributed by atoms with van der Waals surface area (Å²) in [6, 6.07) is 7.24.